The van der Waals surface area contributed by atoms with Crippen molar-refractivity contribution in [3.63, 3.8) is 0 Å². The molecule has 4 aromatic rings. The summed E-state index contributed by atoms with van der Waals surface area (Å²) in [5.41, 5.74) is 5.79. The van der Waals surface area contributed by atoms with Crippen molar-refractivity contribution in [3.05, 3.63) is 59.5 Å². The second-order valence-corrected chi connectivity index (χ2v) is 6.27. The van der Waals surface area contributed by atoms with E-state index in [1.165, 1.54) is 12.5 Å². The lowest BCUT2D eigenvalue weighted by Crippen LogP contribution is -2.09. The highest BCUT2D eigenvalue weighted by atomic mass is 16.1. The van der Waals surface area contributed by atoms with Crippen molar-refractivity contribution in [1.82, 2.24) is 19.2 Å². The molecule has 0 aliphatic rings. The monoisotopic (exact) mass is 333 g/mol. The number of nitrogens with zero attached hydrogens (tertiary/aromatic N) is 4. The molecule has 1 amide bonds. The van der Waals surface area contributed by atoms with E-state index in [4.69, 9.17) is 0 Å². The first-order chi connectivity index (χ1) is 12.0. The third-order valence-electron chi connectivity index (χ3n) is 4.41. The van der Waals surface area contributed by atoms with Crippen LogP contribution in [0.1, 0.15) is 24.0 Å². The van der Waals surface area contributed by atoms with E-state index in [2.05, 4.69) is 45.2 Å². The Morgan fingerprint density at radius 2 is 1.84 bits per heavy atom. The van der Waals surface area contributed by atoms with Gasteiger partial charge in [-0.2, -0.15) is 0 Å². The minimum Gasteiger partial charge on any atom is -0.339 e. The molecular formula is C19H19N5O. The van der Waals surface area contributed by atoms with Crippen LogP contribution in [0.3, 0.4) is 0 Å². The number of aryl methyl sites for hydroxylation is 2. The van der Waals surface area contributed by atoms with Crippen molar-refractivity contribution < 1.29 is 4.79 Å². The number of hydrogen-bond acceptors (Lipinski definition) is 3. The summed E-state index contributed by atoms with van der Waals surface area (Å²) in [6.45, 7) is 6.27. The van der Waals surface area contributed by atoms with Crippen LogP contribution in [-0.2, 0) is 11.3 Å². The minimum absolute atomic E-state index is 0.125. The van der Waals surface area contributed by atoms with Crippen LogP contribution < -0.4 is 5.32 Å². The highest BCUT2D eigenvalue weighted by Gasteiger charge is 2.16. The Balaban J connectivity index is 1.98. The first-order valence-corrected chi connectivity index (χ1v) is 8.20. The third-order valence-corrected chi connectivity index (χ3v) is 4.41. The van der Waals surface area contributed by atoms with Crippen LogP contribution in [0.5, 0.6) is 0 Å². The van der Waals surface area contributed by atoms with E-state index in [0.29, 0.717) is 11.3 Å². The number of nitrogens with one attached hydrogen (secondary N) is 1. The lowest BCUT2D eigenvalue weighted by molar-refractivity contribution is -0.114. The Morgan fingerprint density at radius 1 is 1.08 bits per heavy atom. The lowest BCUT2D eigenvalue weighted by atomic mass is 10.2. The van der Waals surface area contributed by atoms with Crippen molar-refractivity contribution in [2.45, 2.75) is 27.3 Å². The van der Waals surface area contributed by atoms with Crippen LogP contribution >= 0.6 is 0 Å². The van der Waals surface area contributed by atoms with Gasteiger partial charge >= 0.3 is 0 Å². The molecule has 6 heteroatoms. The number of hydrogen-bond donors (Lipinski definition) is 1. The predicted octanol–water partition coefficient (Wildman–Crippen LogP) is 3.31. The number of carbonyl (C=O) groups is 1. The van der Waals surface area contributed by atoms with Crippen molar-refractivity contribution >= 4 is 28.3 Å². The molecule has 0 saturated carbocycles. The van der Waals surface area contributed by atoms with Crippen LogP contribution in [0.4, 0.5) is 5.69 Å². The van der Waals surface area contributed by atoms with Crippen LogP contribution in [0, 0.1) is 13.8 Å². The van der Waals surface area contributed by atoms with E-state index >= 15 is 0 Å². The number of carbonyl (C=O) groups excluding carboxylic acids is 1. The van der Waals surface area contributed by atoms with Gasteiger partial charge in [0, 0.05) is 19.2 Å². The van der Waals surface area contributed by atoms with E-state index in [1.54, 1.807) is 0 Å². The molecule has 0 fully saturated rings. The molecule has 126 valence electrons. The molecule has 0 bridgehead atoms. The normalized spacial score (nSPS) is 11.3. The molecule has 25 heavy (non-hydrogen) atoms. The maximum atomic E-state index is 11.6. The van der Waals surface area contributed by atoms with Gasteiger partial charge in [-0.05, 0) is 31.5 Å². The zero-order chi connectivity index (χ0) is 17.6. The molecule has 0 atom stereocenters. The molecular weight excluding hydrogens is 314 g/mol. The van der Waals surface area contributed by atoms with Gasteiger partial charge in [-0.3, -0.25) is 9.20 Å². The van der Waals surface area contributed by atoms with E-state index in [1.807, 2.05) is 35.6 Å². The molecule has 3 aromatic heterocycles. The van der Waals surface area contributed by atoms with E-state index in [-0.39, 0.29) is 5.91 Å². The number of benzene rings is 1. The average Bonchev–Trinajstić information content (AvgIpc) is 3.10. The number of anilines is 1. The number of pyridine rings is 1. The zero-order valence-corrected chi connectivity index (χ0v) is 14.4. The van der Waals surface area contributed by atoms with Gasteiger partial charge in [0.1, 0.15) is 5.82 Å². The fraction of sp³-hybridized carbons (Fsp3) is 0.211. The highest BCUT2D eigenvalue weighted by Crippen LogP contribution is 2.28. The van der Waals surface area contributed by atoms with Gasteiger partial charge in [-0.15, -0.1) is 10.2 Å². The third kappa shape index (κ3) is 2.55. The Morgan fingerprint density at radius 3 is 2.56 bits per heavy atom. The number of amides is 1. The number of rotatable bonds is 3. The SMILES string of the molecule is CC(=O)Nc1cc2c(cc(C)n2Cc2ccccc2)n2c(C)nnc12. The fourth-order valence-electron chi connectivity index (χ4n) is 3.29. The maximum absolute atomic E-state index is 11.6. The van der Waals surface area contributed by atoms with E-state index in [0.717, 1.165) is 29.1 Å². The first-order valence-electron chi connectivity index (χ1n) is 8.20. The summed E-state index contributed by atoms with van der Waals surface area (Å²) in [4.78, 5) is 11.6. The summed E-state index contributed by atoms with van der Waals surface area (Å²) in [5, 5.41) is 11.3. The fourth-order valence-corrected chi connectivity index (χ4v) is 3.29. The van der Waals surface area contributed by atoms with Crippen LogP contribution in [0.2, 0.25) is 0 Å². The molecule has 0 radical (unpaired) electrons. The van der Waals surface area contributed by atoms with Crippen molar-refractivity contribution in [3.8, 4) is 0 Å². The quantitative estimate of drug-likeness (QED) is 0.625. The van der Waals surface area contributed by atoms with Crippen molar-refractivity contribution in [1.29, 1.82) is 0 Å². The number of fused-ring (bicyclic) bond motifs is 3. The highest BCUT2D eigenvalue weighted by molar-refractivity contribution is 5.97. The van der Waals surface area contributed by atoms with Crippen LogP contribution in [0.15, 0.2) is 42.5 Å². The first kappa shape index (κ1) is 15.4. The predicted molar refractivity (Wildman–Crippen MR) is 97.8 cm³/mol. The summed E-state index contributed by atoms with van der Waals surface area (Å²) in [6, 6.07) is 14.5. The Hall–Kier alpha value is -3.15. The summed E-state index contributed by atoms with van der Waals surface area (Å²) in [7, 11) is 0. The van der Waals surface area contributed by atoms with Crippen molar-refractivity contribution in [2.24, 2.45) is 0 Å². The van der Waals surface area contributed by atoms with Gasteiger partial charge in [0.25, 0.3) is 0 Å². The molecule has 1 aromatic carbocycles. The summed E-state index contributed by atoms with van der Waals surface area (Å²) in [5.74, 6) is 0.670. The second-order valence-electron chi connectivity index (χ2n) is 6.27. The second kappa shape index (κ2) is 5.73. The molecule has 1 N–H and O–H groups in total. The molecule has 0 unspecified atom stereocenters. The standard InChI is InChI=1S/C19H19N5O/c1-12-9-18-17(23(12)11-15-7-5-4-6-8-15)10-16(20-14(3)25)19-22-21-13(2)24(18)19/h4-10H,11H2,1-3H3,(H,20,25). The Bertz CT molecular complexity index is 1090. The minimum atomic E-state index is -0.125. The summed E-state index contributed by atoms with van der Waals surface area (Å²) >= 11 is 0. The maximum Gasteiger partial charge on any atom is 0.221 e. The van der Waals surface area contributed by atoms with Crippen molar-refractivity contribution in [2.75, 3.05) is 5.32 Å². The number of aromatic nitrogens is 4. The molecule has 0 saturated heterocycles. The summed E-state index contributed by atoms with van der Waals surface area (Å²) in [6.07, 6.45) is 0. The Kier molecular flexibility index (Phi) is 3.53. The van der Waals surface area contributed by atoms with Crippen LogP contribution in [0.25, 0.3) is 16.7 Å². The van der Waals surface area contributed by atoms with Gasteiger partial charge in [0.2, 0.25) is 5.91 Å². The van der Waals surface area contributed by atoms with Gasteiger partial charge in [0.05, 0.1) is 16.7 Å². The van der Waals surface area contributed by atoms with Gasteiger partial charge < -0.3 is 9.88 Å². The molecule has 4 rings (SSSR count). The van der Waals surface area contributed by atoms with E-state index < -0.39 is 0 Å². The largest absolute Gasteiger partial charge is 0.339 e. The summed E-state index contributed by atoms with van der Waals surface area (Å²) < 4.78 is 4.24. The van der Waals surface area contributed by atoms with Gasteiger partial charge in [-0.1, -0.05) is 30.3 Å². The molecule has 6 nitrogen and oxygen atoms in total. The van der Waals surface area contributed by atoms with E-state index in [9.17, 15) is 4.79 Å². The lowest BCUT2D eigenvalue weighted by Gasteiger charge is -2.11. The molecule has 0 spiro atoms. The van der Waals surface area contributed by atoms with Gasteiger partial charge in [-0.25, -0.2) is 0 Å². The molecule has 0 aliphatic carbocycles. The molecule has 0 aliphatic heterocycles. The van der Waals surface area contributed by atoms with Gasteiger partial charge in [0.15, 0.2) is 5.65 Å². The Labute approximate surface area is 145 Å². The van der Waals surface area contributed by atoms with Crippen LogP contribution in [-0.4, -0.2) is 25.1 Å². The zero-order valence-electron chi connectivity index (χ0n) is 14.4. The molecule has 3 heterocycles. The topological polar surface area (TPSA) is 64.2 Å². The average molecular weight is 333 g/mol. The smallest absolute Gasteiger partial charge is 0.221 e.